The first kappa shape index (κ1) is 14.8. The summed E-state index contributed by atoms with van der Waals surface area (Å²) in [7, 11) is 0. The van der Waals surface area contributed by atoms with E-state index in [1.54, 1.807) is 0 Å². The summed E-state index contributed by atoms with van der Waals surface area (Å²) >= 11 is 0. The Hall–Kier alpha value is -1.61. The average Bonchev–Trinajstić information content (AvgIpc) is 2.91. The van der Waals surface area contributed by atoms with Crippen LogP contribution in [0.4, 0.5) is 0 Å². The molecule has 1 aromatic carbocycles. The first-order chi connectivity index (χ1) is 9.65. The zero-order valence-electron chi connectivity index (χ0n) is 12.9. The molecule has 0 saturated carbocycles. The van der Waals surface area contributed by atoms with Crippen molar-refractivity contribution in [2.24, 2.45) is 0 Å². The fourth-order valence-electron chi connectivity index (χ4n) is 2.56. The highest BCUT2D eigenvalue weighted by atomic mass is 15.3. The van der Waals surface area contributed by atoms with Gasteiger partial charge in [0.05, 0.1) is 17.8 Å². The maximum absolute atomic E-state index is 4.55. The molecule has 20 heavy (non-hydrogen) atoms. The lowest BCUT2D eigenvalue weighted by atomic mass is 9.98. The normalized spacial score (nSPS) is 14.2. The maximum atomic E-state index is 4.55. The van der Waals surface area contributed by atoms with E-state index in [9.17, 15) is 0 Å². The summed E-state index contributed by atoms with van der Waals surface area (Å²) in [5, 5.41) is 8.13. The van der Waals surface area contributed by atoms with Gasteiger partial charge in [0.1, 0.15) is 0 Å². The smallest absolute Gasteiger partial charge is 0.0685 e. The summed E-state index contributed by atoms with van der Waals surface area (Å²) in [6, 6.07) is 11.5. The van der Waals surface area contributed by atoms with Crippen molar-refractivity contribution in [2.45, 2.75) is 46.2 Å². The molecule has 1 heterocycles. The second-order valence-electron chi connectivity index (χ2n) is 5.31. The van der Waals surface area contributed by atoms with Crippen LogP contribution < -0.4 is 5.32 Å². The van der Waals surface area contributed by atoms with Crippen LogP contribution >= 0.6 is 0 Å². The quantitative estimate of drug-likeness (QED) is 0.869. The third kappa shape index (κ3) is 3.28. The van der Waals surface area contributed by atoms with Crippen molar-refractivity contribution < 1.29 is 0 Å². The Morgan fingerprint density at radius 3 is 2.35 bits per heavy atom. The standard InChI is InChI=1S/C17H25N3/c1-5-15-7-9-16(10-8-15)17(18-6-2)14(4)20-12-11-13(3)19-20/h7-12,14,17-18H,5-6H2,1-4H3. The minimum atomic E-state index is 0.283. The number of nitrogens with one attached hydrogen (secondary N) is 1. The molecular weight excluding hydrogens is 246 g/mol. The average molecular weight is 271 g/mol. The van der Waals surface area contributed by atoms with Crippen molar-refractivity contribution in [3.8, 4) is 0 Å². The van der Waals surface area contributed by atoms with Crippen LogP contribution in [0.3, 0.4) is 0 Å². The van der Waals surface area contributed by atoms with Crippen LogP contribution in [-0.4, -0.2) is 16.3 Å². The molecule has 3 heteroatoms. The summed E-state index contributed by atoms with van der Waals surface area (Å²) in [4.78, 5) is 0. The van der Waals surface area contributed by atoms with E-state index in [1.165, 1.54) is 11.1 Å². The Bertz CT molecular complexity index is 527. The van der Waals surface area contributed by atoms with Gasteiger partial charge in [-0.1, -0.05) is 38.1 Å². The minimum absolute atomic E-state index is 0.283. The molecule has 2 atom stereocenters. The number of aryl methyl sites for hydroxylation is 2. The first-order valence-corrected chi connectivity index (χ1v) is 7.49. The zero-order valence-corrected chi connectivity index (χ0v) is 12.9. The molecular formula is C17H25N3. The van der Waals surface area contributed by atoms with Gasteiger partial charge in [0.15, 0.2) is 0 Å². The monoisotopic (exact) mass is 271 g/mol. The van der Waals surface area contributed by atoms with E-state index in [4.69, 9.17) is 0 Å². The number of aromatic nitrogens is 2. The van der Waals surface area contributed by atoms with Gasteiger partial charge in [0.25, 0.3) is 0 Å². The third-order valence-electron chi connectivity index (χ3n) is 3.81. The maximum Gasteiger partial charge on any atom is 0.0685 e. The van der Waals surface area contributed by atoms with Crippen LogP contribution in [-0.2, 0) is 6.42 Å². The Kier molecular flexibility index (Phi) is 4.96. The van der Waals surface area contributed by atoms with E-state index in [0.29, 0.717) is 0 Å². The number of likely N-dealkylation sites (N-methyl/N-ethyl adjacent to an activating group) is 1. The predicted molar refractivity (Wildman–Crippen MR) is 83.9 cm³/mol. The van der Waals surface area contributed by atoms with Gasteiger partial charge in [-0.15, -0.1) is 0 Å². The summed E-state index contributed by atoms with van der Waals surface area (Å²) in [5.74, 6) is 0. The number of rotatable bonds is 6. The van der Waals surface area contributed by atoms with E-state index in [0.717, 1.165) is 18.7 Å². The largest absolute Gasteiger partial charge is 0.308 e. The van der Waals surface area contributed by atoms with Crippen molar-refractivity contribution in [3.05, 3.63) is 53.3 Å². The molecule has 0 aliphatic heterocycles. The number of benzene rings is 1. The Labute approximate surface area is 122 Å². The Balaban J connectivity index is 2.24. The minimum Gasteiger partial charge on any atom is -0.308 e. The van der Waals surface area contributed by atoms with E-state index in [2.05, 4.69) is 72.4 Å². The van der Waals surface area contributed by atoms with E-state index < -0.39 is 0 Å². The van der Waals surface area contributed by atoms with Gasteiger partial charge in [-0.2, -0.15) is 5.10 Å². The number of nitrogens with zero attached hydrogens (tertiary/aromatic N) is 2. The highest BCUT2D eigenvalue weighted by molar-refractivity contribution is 5.26. The van der Waals surface area contributed by atoms with Crippen LogP contribution in [0.5, 0.6) is 0 Å². The fraction of sp³-hybridized carbons (Fsp3) is 0.471. The van der Waals surface area contributed by atoms with Gasteiger partial charge in [0, 0.05) is 6.20 Å². The van der Waals surface area contributed by atoms with Crippen molar-refractivity contribution in [1.29, 1.82) is 0 Å². The Morgan fingerprint density at radius 2 is 1.85 bits per heavy atom. The van der Waals surface area contributed by atoms with Crippen molar-refractivity contribution in [2.75, 3.05) is 6.54 Å². The summed E-state index contributed by atoms with van der Waals surface area (Å²) in [5.41, 5.74) is 3.77. The predicted octanol–water partition coefficient (Wildman–Crippen LogP) is 3.67. The lowest BCUT2D eigenvalue weighted by Gasteiger charge is -2.26. The van der Waals surface area contributed by atoms with Crippen LogP contribution in [0, 0.1) is 6.92 Å². The van der Waals surface area contributed by atoms with Gasteiger partial charge in [0.2, 0.25) is 0 Å². The molecule has 0 aliphatic carbocycles. The molecule has 108 valence electrons. The molecule has 1 aromatic heterocycles. The second kappa shape index (κ2) is 6.71. The van der Waals surface area contributed by atoms with Crippen LogP contribution in [0.2, 0.25) is 0 Å². The Morgan fingerprint density at radius 1 is 1.15 bits per heavy atom. The number of hydrogen-bond donors (Lipinski definition) is 1. The summed E-state index contributed by atoms with van der Waals surface area (Å²) in [6.07, 6.45) is 3.14. The highest BCUT2D eigenvalue weighted by Crippen LogP contribution is 2.26. The zero-order chi connectivity index (χ0) is 14.5. The van der Waals surface area contributed by atoms with Gasteiger partial charge in [-0.3, -0.25) is 4.68 Å². The molecule has 2 rings (SSSR count). The van der Waals surface area contributed by atoms with E-state index in [1.807, 2.05) is 6.92 Å². The molecule has 0 spiro atoms. The van der Waals surface area contributed by atoms with Crippen LogP contribution in [0.25, 0.3) is 0 Å². The van der Waals surface area contributed by atoms with Crippen molar-refractivity contribution in [1.82, 2.24) is 15.1 Å². The molecule has 3 nitrogen and oxygen atoms in total. The molecule has 0 aliphatic rings. The van der Waals surface area contributed by atoms with Gasteiger partial charge >= 0.3 is 0 Å². The first-order valence-electron chi connectivity index (χ1n) is 7.49. The van der Waals surface area contributed by atoms with E-state index in [-0.39, 0.29) is 12.1 Å². The highest BCUT2D eigenvalue weighted by Gasteiger charge is 2.20. The molecule has 2 aromatic rings. The lowest BCUT2D eigenvalue weighted by molar-refractivity contribution is 0.358. The van der Waals surface area contributed by atoms with Crippen LogP contribution in [0.15, 0.2) is 36.5 Å². The molecule has 2 unspecified atom stereocenters. The van der Waals surface area contributed by atoms with Gasteiger partial charge in [-0.05, 0) is 44.0 Å². The summed E-state index contributed by atoms with van der Waals surface area (Å²) in [6.45, 7) is 9.53. The van der Waals surface area contributed by atoms with Crippen LogP contribution in [0.1, 0.15) is 49.7 Å². The molecule has 0 fully saturated rings. The second-order valence-corrected chi connectivity index (χ2v) is 5.31. The van der Waals surface area contributed by atoms with Gasteiger partial charge < -0.3 is 5.32 Å². The van der Waals surface area contributed by atoms with Crippen molar-refractivity contribution in [3.63, 3.8) is 0 Å². The van der Waals surface area contributed by atoms with Crippen molar-refractivity contribution >= 4 is 0 Å². The topological polar surface area (TPSA) is 29.9 Å². The number of hydrogen-bond acceptors (Lipinski definition) is 2. The van der Waals surface area contributed by atoms with E-state index >= 15 is 0 Å². The van der Waals surface area contributed by atoms with Gasteiger partial charge in [-0.25, -0.2) is 0 Å². The molecule has 0 radical (unpaired) electrons. The molecule has 1 N–H and O–H groups in total. The summed E-state index contributed by atoms with van der Waals surface area (Å²) < 4.78 is 2.05. The third-order valence-corrected chi connectivity index (χ3v) is 3.81. The SMILES string of the molecule is CCNC(c1ccc(CC)cc1)C(C)n1ccc(C)n1. The molecule has 0 saturated heterocycles. The fourth-order valence-corrected chi connectivity index (χ4v) is 2.56. The molecule has 0 bridgehead atoms. The lowest BCUT2D eigenvalue weighted by Crippen LogP contribution is -2.29. The molecule has 0 amide bonds.